The van der Waals surface area contributed by atoms with Gasteiger partial charge in [0, 0.05) is 18.7 Å². The van der Waals surface area contributed by atoms with E-state index in [1.807, 2.05) is 13.8 Å². The van der Waals surface area contributed by atoms with E-state index >= 15 is 0 Å². The van der Waals surface area contributed by atoms with Crippen LogP contribution in [-0.4, -0.2) is 23.9 Å². The molecule has 0 spiro atoms. The van der Waals surface area contributed by atoms with Gasteiger partial charge in [0.1, 0.15) is 12.4 Å². The molecule has 0 saturated carbocycles. The SMILES string of the molecule is C=C(C)CN(CC)C(=O)c1occc1COc1cccc(C#N)c1. The second kappa shape index (κ2) is 8.02. The van der Waals surface area contributed by atoms with Crippen LogP contribution in [-0.2, 0) is 6.61 Å². The van der Waals surface area contributed by atoms with Gasteiger partial charge in [-0.15, -0.1) is 0 Å². The molecule has 0 aliphatic rings. The van der Waals surface area contributed by atoms with Crippen molar-refractivity contribution in [1.29, 1.82) is 5.26 Å². The molecule has 0 bridgehead atoms. The molecule has 0 saturated heterocycles. The molecule has 1 aromatic carbocycles. The minimum Gasteiger partial charge on any atom is -0.489 e. The van der Waals surface area contributed by atoms with Crippen LogP contribution < -0.4 is 4.74 Å². The van der Waals surface area contributed by atoms with Crippen LogP contribution >= 0.6 is 0 Å². The summed E-state index contributed by atoms with van der Waals surface area (Å²) in [7, 11) is 0. The van der Waals surface area contributed by atoms with E-state index in [0.717, 1.165) is 5.57 Å². The number of rotatable bonds is 7. The lowest BCUT2D eigenvalue weighted by Crippen LogP contribution is -2.32. The second-order valence-electron chi connectivity index (χ2n) is 5.48. The topological polar surface area (TPSA) is 66.5 Å². The maximum absolute atomic E-state index is 12.6. The van der Waals surface area contributed by atoms with Crippen LogP contribution in [0, 0.1) is 11.3 Å². The van der Waals surface area contributed by atoms with Crippen molar-refractivity contribution in [3.05, 3.63) is 65.6 Å². The Morgan fingerprint density at radius 3 is 2.88 bits per heavy atom. The number of likely N-dealkylation sites (N-methyl/N-ethyl adjacent to an activating group) is 1. The second-order valence-corrected chi connectivity index (χ2v) is 5.48. The molecule has 0 radical (unpaired) electrons. The molecule has 2 rings (SSSR count). The number of benzene rings is 1. The van der Waals surface area contributed by atoms with E-state index < -0.39 is 0 Å². The third kappa shape index (κ3) is 4.26. The lowest BCUT2D eigenvalue weighted by molar-refractivity contribution is 0.0743. The number of carbonyl (C=O) groups is 1. The van der Waals surface area contributed by atoms with Crippen LogP contribution in [0.2, 0.25) is 0 Å². The van der Waals surface area contributed by atoms with E-state index in [9.17, 15) is 4.79 Å². The first kappa shape index (κ1) is 17.4. The molecule has 0 fully saturated rings. The maximum Gasteiger partial charge on any atom is 0.290 e. The van der Waals surface area contributed by atoms with Crippen LogP contribution in [0.5, 0.6) is 5.75 Å². The molecule has 1 heterocycles. The molecule has 0 atom stereocenters. The van der Waals surface area contributed by atoms with Gasteiger partial charge in [0.2, 0.25) is 0 Å². The Kier molecular flexibility index (Phi) is 5.80. The monoisotopic (exact) mass is 324 g/mol. The summed E-state index contributed by atoms with van der Waals surface area (Å²) < 4.78 is 11.0. The molecule has 0 unspecified atom stereocenters. The van der Waals surface area contributed by atoms with Gasteiger partial charge in [-0.25, -0.2) is 0 Å². The number of amides is 1. The summed E-state index contributed by atoms with van der Waals surface area (Å²) in [6.07, 6.45) is 1.48. The predicted octanol–water partition coefficient (Wildman–Crippen LogP) is 3.77. The van der Waals surface area contributed by atoms with E-state index in [-0.39, 0.29) is 18.3 Å². The van der Waals surface area contributed by atoms with Crippen molar-refractivity contribution in [1.82, 2.24) is 4.90 Å². The van der Waals surface area contributed by atoms with Gasteiger partial charge in [-0.3, -0.25) is 4.79 Å². The summed E-state index contributed by atoms with van der Waals surface area (Å²) in [5.41, 5.74) is 2.10. The first-order valence-corrected chi connectivity index (χ1v) is 7.68. The molecular formula is C19H20N2O3. The van der Waals surface area contributed by atoms with Crippen LogP contribution in [0.3, 0.4) is 0 Å². The Hall–Kier alpha value is -3.00. The highest BCUT2D eigenvalue weighted by molar-refractivity contribution is 5.93. The highest BCUT2D eigenvalue weighted by Gasteiger charge is 2.21. The third-order valence-corrected chi connectivity index (χ3v) is 3.43. The highest BCUT2D eigenvalue weighted by Crippen LogP contribution is 2.19. The van der Waals surface area contributed by atoms with Crippen molar-refractivity contribution in [2.75, 3.05) is 13.1 Å². The van der Waals surface area contributed by atoms with Crippen molar-refractivity contribution in [3.63, 3.8) is 0 Å². The average Bonchev–Trinajstić information content (AvgIpc) is 3.05. The van der Waals surface area contributed by atoms with E-state index in [4.69, 9.17) is 14.4 Å². The predicted molar refractivity (Wildman–Crippen MR) is 90.6 cm³/mol. The first-order valence-electron chi connectivity index (χ1n) is 7.68. The molecule has 5 heteroatoms. The van der Waals surface area contributed by atoms with Gasteiger partial charge >= 0.3 is 0 Å². The van der Waals surface area contributed by atoms with E-state index in [0.29, 0.717) is 30.0 Å². The molecule has 2 aromatic rings. The van der Waals surface area contributed by atoms with E-state index in [1.54, 1.807) is 35.2 Å². The standard InChI is InChI=1S/C19H20N2O3/c1-4-21(12-14(2)3)19(22)18-16(8-9-23-18)13-24-17-7-5-6-15(10-17)11-20/h5-10H,2,4,12-13H2,1,3H3. The van der Waals surface area contributed by atoms with Gasteiger partial charge < -0.3 is 14.1 Å². The summed E-state index contributed by atoms with van der Waals surface area (Å²) in [5.74, 6) is 0.660. The average molecular weight is 324 g/mol. The molecule has 0 N–H and O–H groups in total. The van der Waals surface area contributed by atoms with Crippen molar-refractivity contribution in [2.45, 2.75) is 20.5 Å². The quantitative estimate of drug-likeness (QED) is 0.727. The molecule has 1 amide bonds. The van der Waals surface area contributed by atoms with Gasteiger partial charge in [-0.2, -0.15) is 5.26 Å². The Bertz CT molecular complexity index is 771. The molecule has 5 nitrogen and oxygen atoms in total. The van der Waals surface area contributed by atoms with Gasteiger partial charge in [0.15, 0.2) is 5.76 Å². The van der Waals surface area contributed by atoms with Gasteiger partial charge in [-0.05, 0) is 38.1 Å². The zero-order valence-corrected chi connectivity index (χ0v) is 13.9. The van der Waals surface area contributed by atoms with Gasteiger partial charge in [0.25, 0.3) is 5.91 Å². The largest absolute Gasteiger partial charge is 0.489 e. The third-order valence-electron chi connectivity index (χ3n) is 3.43. The van der Waals surface area contributed by atoms with Crippen LogP contribution in [0.4, 0.5) is 0 Å². The summed E-state index contributed by atoms with van der Waals surface area (Å²) >= 11 is 0. The Balaban J connectivity index is 2.10. The number of nitrogens with zero attached hydrogens (tertiary/aromatic N) is 2. The number of carbonyl (C=O) groups excluding carboxylic acids is 1. The van der Waals surface area contributed by atoms with E-state index in [2.05, 4.69) is 12.6 Å². The van der Waals surface area contributed by atoms with Crippen molar-refractivity contribution < 1.29 is 13.9 Å². The number of hydrogen-bond donors (Lipinski definition) is 0. The Morgan fingerprint density at radius 1 is 1.42 bits per heavy atom. The minimum atomic E-state index is -0.185. The number of nitriles is 1. The Labute approximate surface area is 141 Å². The zero-order valence-electron chi connectivity index (χ0n) is 13.9. The summed E-state index contributed by atoms with van der Waals surface area (Å²) in [4.78, 5) is 14.3. The fourth-order valence-electron chi connectivity index (χ4n) is 2.25. The molecule has 124 valence electrons. The van der Waals surface area contributed by atoms with Crippen LogP contribution in [0.25, 0.3) is 0 Å². The lowest BCUT2D eigenvalue weighted by Gasteiger charge is -2.20. The fraction of sp³-hybridized carbons (Fsp3) is 0.263. The molecule has 1 aromatic heterocycles. The summed E-state index contributed by atoms with van der Waals surface area (Å²) in [5, 5.41) is 8.91. The lowest BCUT2D eigenvalue weighted by atomic mass is 10.2. The highest BCUT2D eigenvalue weighted by atomic mass is 16.5. The molecule has 0 aliphatic carbocycles. The smallest absolute Gasteiger partial charge is 0.290 e. The number of furan rings is 1. The van der Waals surface area contributed by atoms with Gasteiger partial charge in [0.05, 0.1) is 17.9 Å². The van der Waals surface area contributed by atoms with Gasteiger partial charge in [-0.1, -0.05) is 18.2 Å². The number of hydrogen-bond acceptors (Lipinski definition) is 4. The van der Waals surface area contributed by atoms with Crippen LogP contribution in [0.15, 0.2) is 53.2 Å². The molecular weight excluding hydrogens is 304 g/mol. The summed E-state index contributed by atoms with van der Waals surface area (Å²) in [6, 6.07) is 10.7. The molecule has 24 heavy (non-hydrogen) atoms. The summed E-state index contributed by atoms with van der Waals surface area (Å²) in [6.45, 7) is 8.88. The van der Waals surface area contributed by atoms with Crippen molar-refractivity contribution >= 4 is 5.91 Å². The normalized spacial score (nSPS) is 10.0. The fourth-order valence-corrected chi connectivity index (χ4v) is 2.25. The zero-order chi connectivity index (χ0) is 17.5. The molecule has 0 aliphatic heterocycles. The van der Waals surface area contributed by atoms with E-state index in [1.165, 1.54) is 6.26 Å². The minimum absolute atomic E-state index is 0.185. The van der Waals surface area contributed by atoms with Crippen molar-refractivity contribution in [3.8, 4) is 11.8 Å². The maximum atomic E-state index is 12.6. The first-order chi connectivity index (χ1) is 11.5. The Morgan fingerprint density at radius 2 is 2.21 bits per heavy atom. The van der Waals surface area contributed by atoms with Crippen LogP contribution in [0.1, 0.15) is 35.5 Å². The number of ether oxygens (including phenoxy) is 1. The van der Waals surface area contributed by atoms with Crippen molar-refractivity contribution in [2.24, 2.45) is 0 Å².